The molecule has 0 radical (unpaired) electrons. The number of benzene rings is 2. The third kappa shape index (κ3) is 5.27. The third-order valence-corrected chi connectivity index (χ3v) is 5.06. The number of ether oxygens (including phenoxy) is 1. The van der Waals surface area contributed by atoms with Gasteiger partial charge in [-0.3, -0.25) is 4.79 Å². The molecule has 0 aliphatic rings. The summed E-state index contributed by atoms with van der Waals surface area (Å²) in [4.78, 5) is 11.8. The first kappa shape index (κ1) is 18.9. The summed E-state index contributed by atoms with van der Waals surface area (Å²) in [5.74, 6) is -0.287. The summed E-state index contributed by atoms with van der Waals surface area (Å²) in [5, 5.41) is 2.62. The van der Waals surface area contributed by atoms with E-state index in [9.17, 15) is 17.6 Å². The molecule has 0 fully saturated rings. The van der Waals surface area contributed by atoms with Crippen LogP contribution in [-0.4, -0.2) is 28.0 Å². The monoisotopic (exact) mass is 366 g/mol. The molecule has 6 nitrogen and oxygen atoms in total. The number of hydrogen-bond acceptors (Lipinski definition) is 4. The zero-order valence-corrected chi connectivity index (χ0v) is 14.7. The van der Waals surface area contributed by atoms with Gasteiger partial charge in [-0.05, 0) is 48.4 Å². The first-order valence-corrected chi connectivity index (χ1v) is 8.95. The molecule has 2 rings (SSSR count). The topological polar surface area (TPSA) is 84.5 Å². The lowest BCUT2D eigenvalue weighted by atomic mass is 10.2. The van der Waals surface area contributed by atoms with E-state index in [1.807, 2.05) is 0 Å². The molecule has 0 bridgehead atoms. The fourth-order valence-corrected chi connectivity index (χ4v) is 3.37. The largest absolute Gasteiger partial charge is 0.497 e. The van der Waals surface area contributed by atoms with Crippen LogP contribution in [0.25, 0.3) is 0 Å². The lowest BCUT2D eigenvalue weighted by molar-refractivity contribution is -0.120. The number of sulfonamides is 1. The Morgan fingerprint density at radius 2 is 1.84 bits per heavy atom. The number of rotatable bonds is 7. The molecule has 0 aliphatic carbocycles. The molecule has 2 aromatic carbocycles. The van der Waals surface area contributed by atoms with Gasteiger partial charge in [0.2, 0.25) is 15.9 Å². The van der Waals surface area contributed by atoms with E-state index < -0.39 is 28.3 Å². The summed E-state index contributed by atoms with van der Waals surface area (Å²) in [6.45, 7) is 1.34. The van der Waals surface area contributed by atoms with Crippen molar-refractivity contribution in [3.8, 4) is 5.75 Å². The van der Waals surface area contributed by atoms with E-state index in [0.717, 1.165) is 17.7 Å². The number of halogens is 1. The summed E-state index contributed by atoms with van der Waals surface area (Å²) in [5.41, 5.74) is 1.12. The lowest BCUT2D eigenvalue weighted by Crippen LogP contribution is -2.36. The maximum absolute atomic E-state index is 13.1. The highest BCUT2D eigenvalue weighted by molar-refractivity contribution is 7.89. The van der Waals surface area contributed by atoms with Crippen LogP contribution in [0, 0.1) is 12.7 Å². The van der Waals surface area contributed by atoms with Gasteiger partial charge in [0.1, 0.15) is 11.6 Å². The molecule has 2 aromatic rings. The fourth-order valence-electron chi connectivity index (χ4n) is 2.16. The molecule has 0 saturated heterocycles. The molecule has 0 unspecified atom stereocenters. The van der Waals surface area contributed by atoms with Crippen LogP contribution in [0.15, 0.2) is 47.4 Å². The fraction of sp³-hybridized carbons (Fsp3) is 0.235. The number of aryl methyl sites for hydroxylation is 1. The zero-order valence-electron chi connectivity index (χ0n) is 13.9. The molecular weight excluding hydrogens is 347 g/mol. The Balaban J connectivity index is 1.90. The van der Waals surface area contributed by atoms with Crippen molar-refractivity contribution >= 4 is 15.9 Å². The maximum Gasteiger partial charge on any atom is 0.241 e. The molecule has 0 heterocycles. The molecule has 1 amide bonds. The molecule has 2 N–H and O–H groups in total. The Morgan fingerprint density at radius 1 is 1.16 bits per heavy atom. The number of methoxy groups -OCH3 is 1. The predicted molar refractivity (Wildman–Crippen MR) is 91.2 cm³/mol. The number of nitrogens with one attached hydrogen (secondary N) is 2. The Hall–Kier alpha value is -2.45. The minimum atomic E-state index is -3.89. The van der Waals surface area contributed by atoms with Crippen LogP contribution in [-0.2, 0) is 21.4 Å². The second-order valence-electron chi connectivity index (χ2n) is 5.36. The first-order chi connectivity index (χ1) is 11.8. The van der Waals surface area contributed by atoms with Gasteiger partial charge in [0, 0.05) is 6.54 Å². The zero-order chi connectivity index (χ0) is 18.4. The number of amides is 1. The molecule has 0 spiro atoms. The Bertz CT molecular complexity index is 851. The van der Waals surface area contributed by atoms with Gasteiger partial charge >= 0.3 is 0 Å². The van der Waals surface area contributed by atoms with E-state index in [1.54, 1.807) is 31.4 Å². The van der Waals surface area contributed by atoms with Gasteiger partial charge in [-0.2, -0.15) is 0 Å². The second kappa shape index (κ2) is 8.09. The van der Waals surface area contributed by atoms with Gasteiger partial charge in [0.05, 0.1) is 18.6 Å². The Kier molecular flexibility index (Phi) is 6.11. The van der Waals surface area contributed by atoms with E-state index in [2.05, 4.69) is 10.0 Å². The standard InChI is InChI=1S/C17H19FN2O4S/c1-12-9-14(18)5-8-16(12)25(22,23)20-11-17(21)19-10-13-3-6-15(24-2)7-4-13/h3-9,20H,10-11H2,1-2H3,(H,19,21). The number of hydrogen-bond donors (Lipinski definition) is 2. The predicted octanol–water partition coefficient (Wildman–Crippen LogP) is 1.74. The van der Waals surface area contributed by atoms with Crippen molar-refractivity contribution in [1.29, 1.82) is 0 Å². The average Bonchev–Trinajstić information content (AvgIpc) is 2.58. The van der Waals surface area contributed by atoms with Crippen LogP contribution >= 0.6 is 0 Å². The lowest BCUT2D eigenvalue weighted by Gasteiger charge is -2.10. The summed E-state index contributed by atoms with van der Waals surface area (Å²) in [7, 11) is -2.33. The van der Waals surface area contributed by atoms with Crippen molar-refractivity contribution in [3.63, 3.8) is 0 Å². The quantitative estimate of drug-likeness (QED) is 0.782. The minimum absolute atomic E-state index is 0.0585. The highest BCUT2D eigenvalue weighted by Crippen LogP contribution is 2.15. The van der Waals surface area contributed by atoms with E-state index in [1.165, 1.54) is 13.0 Å². The van der Waals surface area contributed by atoms with Gasteiger partial charge in [0.15, 0.2) is 0 Å². The SMILES string of the molecule is COc1ccc(CNC(=O)CNS(=O)(=O)c2ccc(F)cc2C)cc1. The first-order valence-electron chi connectivity index (χ1n) is 7.47. The van der Waals surface area contributed by atoms with Crippen LogP contribution in [0.1, 0.15) is 11.1 Å². The normalized spacial score (nSPS) is 11.2. The molecule has 0 saturated carbocycles. The Morgan fingerprint density at radius 3 is 2.44 bits per heavy atom. The molecule has 134 valence electrons. The van der Waals surface area contributed by atoms with Gasteiger partial charge < -0.3 is 10.1 Å². The summed E-state index contributed by atoms with van der Waals surface area (Å²) in [6, 6.07) is 10.5. The summed E-state index contributed by atoms with van der Waals surface area (Å²) in [6.07, 6.45) is 0. The van der Waals surface area contributed by atoms with E-state index in [4.69, 9.17) is 4.74 Å². The van der Waals surface area contributed by atoms with Gasteiger partial charge in [-0.25, -0.2) is 17.5 Å². The van der Waals surface area contributed by atoms with E-state index in [0.29, 0.717) is 5.75 Å². The highest BCUT2D eigenvalue weighted by atomic mass is 32.2. The summed E-state index contributed by atoms with van der Waals surface area (Å²) < 4.78 is 44.7. The van der Waals surface area contributed by atoms with Crippen LogP contribution in [0.5, 0.6) is 5.75 Å². The molecular formula is C17H19FN2O4S. The van der Waals surface area contributed by atoms with Gasteiger partial charge in [0.25, 0.3) is 0 Å². The molecule has 25 heavy (non-hydrogen) atoms. The van der Waals surface area contributed by atoms with Gasteiger partial charge in [-0.1, -0.05) is 12.1 Å². The average molecular weight is 366 g/mol. The van der Waals surface area contributed by atoms with Crippen molar-refractivity contribution < 1.29 is 22.3 Å². The van der Waals surface area contributed by atoms with Crippen molar-refractivity contribution in [2.45, 2.75) is 18.4 Å². The van der Waals surface area contributed by atoms with Crippen LogP contribution in [0.3, 0.4) is 0 Å². The van der Waals surface area contributed by atoms with Crippen LogP contribution in [0.2, 0.25) is 0 Å². The number of carbonyl (C=O) groups excluding carboxylic acids is 1. The third-order valence-electron chi connectivity index (χ3n) is 3.50. The van der Waals surface area contributed by atoms with Crippen molar-refractivity contribution in [3.05, 3.63) is 59.4 Å². The summed E-state index contributed by atoms with van der Waals surface area (Å²) >= 11 is 0. The number of carbonyl (C=O) groups is 1. The minimum Gasteiger partial charge on any atom is -0.497 e. The second-order valence-corrected chi connectivity index (χ2v) is 7.09. The van der Waals surface area contributed by atoms with Crippen LogP contribution in [0.4, 0.5) is 4.39 Å². The van der Waals surface area contributed by atoms with E-state index >= 15 is 0 Å². The molecule has 0 aliphatic heterocycles. The maximum atomic E-state index is 13.1. The smallest absolute Gasteiger partial charge is 0.241 e. The Labute approximate surface area is 146 Å². The molecule has 0 atom stereocenters. The van der Waals surface area contributed by atoms with E-state index in [-0.39, 0.29) is 17.0 Å². The highest BCUT2D eigenvalue weighted by Gasteiger charge is 2.18. The molecule has 0 aromatic heterocycles. The molecule has 8 heteroatoms. The van der Waals surface area contributed by atoms with Gasteiger partial charge in [-0.15, -0.1) is 0 Å². The van der Waals surface area contributed by atoms with Crippen molar-refractivity contribution in [2.75, 3.05) is 13.7 Å². The van der Waals surface area contributed by atoms with Crippen LogP contribution < -0.4 is 14.8 Å². The van der Waals surface area contributed by atoms with Crippen molar-refractivity contribution in [1.82, 2.24) is 10.0 Å². The van der Waals surface area contributed by atoms with Crippen molar-refractivity contribution in [2.24, 2.45) is 0 Å².